The second kappa shape index (κ2) is 12.3. The van der Waals surface area contributed by atoms with Gasteiger partial charge in [0.1, 0.15) is 18.0 Å². The molecule has 0 aromatic carbocycles. The first-order valence-corrected chi connectivity index (χ1v) is 11.0. The Bertz CT molecular complexity index is 1110. The van der Waals surface area contributed by atoms with Crippen molar-refractivity contribution in [1.29, 1.82) is 5.26 Å². The molecule has 1 saturated heterocycles. The Morgan fingerprint density at radius 1 is 1.22 bits per heavy atom. The summed E-state index contributed by atoms with van der Waals surface area (Å²) >= 11 is 0. The van der Waals surface area contributed by atoms with Crippen LogP contribution in [-0.2, 0) is 20.4 Å². The highest BCUT2D eigenvalue weighted by Gasteiger charge is 2.39. The van der Waals surface area contributed by atoms with Gasteiger partial charge in [-0.2, -0.15) is 23.5 Å². The SMILES string of the molecule is COC[C@@H](COCCC(=O)N1CCN(c2ccc(C#N)cn2)CC1)Oc1cn[nH]c(=O)c1C(F)(F)F. The third-order valence-electron chi connectivity index (χ3n) is 5.35. The van der Waals surface area contributed by atoms with Crippen molar-refractivity contribution < 1.29 is 32.2 Å². The van der Waals surface area contributed by atoms with Crippen LogP contribution in [0, 0.1) is 11.3 Å². The summed E-state index contributed by atoms with van der Waals surface area (Å²) in [6.45, 7) is 1.91. The number of halogens is 3. The molecule has 1 N–H and O–H groups in total. The highest BCUT2D eigenvalue weighted by atomic mass is 19.4. The van der Waals surface area contributed by atoms with E-state index in [9.17, 15) is 22.8 Å². The van der Waals surface area contributed by atoms with E-state index in [0.717, 1.165) is 12.0 Å². The van der Waals surface area contributed by atoms with Crippen LogP contribution >= 0.6 is 0 Å². The maximum Gasteiger partial charge on any atom is 0.425 e. The predicted octanol–water partition coefficient (Wildman–Crippen LogP) is 1.20. The van der Waals surface area contributed by atoms with Crippen molar-refractivity contribution in [2.75, 3.05) is 58.0 Å². The summed E-state index contributed by atoms with van der Waals surface area (Å²) in [7, 11) is 1.34. The molecular weight excluding hydrogens is 485 g/mol. The number of anilines is 1. The van der Waals surface area contributed by atoms with Crippen molar-refractivity contribution in [1.82, 2.24) is 20.1 Å². The number of aromatic nitrogens is 3. The van der Waals surface area contributed by atoms with Crippen LogP contribution in [-0.4, -0.2) is 85.2 Å². The number of methoxy groups -OCH3 is 1. The molecular formula is C22H25F3N6O5. The van der Waals surface area contributed by atoms with Gasteiger partial charge in [-0.3, -0.25) is 9.59 Å². The first-order valence-electron chi connectivity index (χ1n) is 11.0. The summed E-state index contributed by atoms with van der Waals surface area (Å²) in [4.78, 5) is 32.1. The average molecular weight is 510 g/mol. The minimum Gasteiger partial charge on any atom is -0.483 e. The number of hydrogen-bond acceptors (Lipinski definition) is 9. The van der Waals surface area contributed by atoms with Crippen molar-refractivity contribution >= 4 is 11.7 Å². The number of nitriles is 1. The summed E-state index contributed by atoms with van der Waals surface area (Å²) in [5.41, 5.74) is -2.44. The van der Waals surface area contributed by atoms with Crippen molar-refractivity contribution in [3.8, 4) is 11.8 Å². The van der Waals surface area contributed by atoms with E-state index in [2.05, 4.69) is 10.1 Å². The molecule has 0 saturated carbocycles. The third kappa shape index (κ3) is 7.15. The molecule has 14 heteroatoms. The van der Waals surface area contributed by atoms with Gasteiger partial charge in [-0.05, 0) is 12.1 Å². The van der Waals surface area contributed by atoms with E-state index >= 15 is 0 Å². The predicted molar refractivity (Wildman–Crippen MR) is 119 cm³/mol. The lowest BCUT2D eigenvalue weighted by Crippen LogP contribution is -2.49. The molecule has 194 valence electrons. The summed E-state index contributed by atoms with van der Waals surface area (Å²) in [5, 5.41) is 14.0. The van der Waals surface area contributed by atoms with E-state index in [1.807, 2.05) is 11.0 Å². The average Bonchev–Trinajstić information content (AvgIpc) is 2.86. The number of carbonyl (C=O) groups excluding carboxylic acids is 1. The quantitative estimate of drug-likeness (QED) is 0.468. The van der Waals surface area contributed by atoms with Crippen LogP contribution in [0.3, 0.4) is 0 Å². The number of rotatable bonds is 10. The van der Waals surface area contributed by atoms with E-state index in [1.165, 1.54) is 13.3 Å². The second-order valence-corrected chi connectivity index (χ2v) is 7.84. The summed E-state index contributed by atoms with van der Waals surface area (Å²) in [5.74, 6) is -0.120. The number of nitrogens with one attached hydrogen (secondary N) is 1. The lowest BCUT2D eigenvalue weighted by Gasteiger charge is -2.35. The molecule has 1 amide bonds. The van der Waals surface area contributed by atoms with Gasteiger partial charge >= 0.3 is 6.18 Å². The molecule has 36 heavy (non-hydrogen) atoms. The topological polar surface area (TPSA) is 134 Å². The summed E-state index contributed by atoms with van der Waals surface area (Å²) in [6.07, 6.45) is -3.55. The van der Waals surface area contributed by atoms with Gasteiger partial charge < -0.3 is 24.0 Å². The Hall–Kier alpha value is -3.70. The number of alkyl halides is 3. The van der Waals surface area contributed by atoms with Crippen molar-refractivity contribution in [2.24, 2.45) is 0 Å². The molecule has 2 aromatic rings. The summed E-state index contributed by atoms with van der Waals surface area (Å²) < 4.78 is 55.4. The minimum atomic E-state index is -4.93. The van der Waals surface area contributed by atoms with Gasteiger partial charge in [0.05, 0.1) is 38.0 Å². The van der Waals surface area contributed by atoms with Crippen LogP contribution in [0.15, 0.2) is 29.3 Å². The number of carbonyl (C=O) groups is 1. The molecule has 0 aliphatic carbocycles. The number of pyridine rings is 1. The van der Waals surface area contributed by atoms with Gasteiger partial charge in [-0.15, -0.1) is 0 Å². The normalized spacial score (nSPS) is 14.9. The fourth-order valence-electron chi connectivity index (χ4n) is 3.58. The zero-order chi connectivity index (χ0) is 26.1. The number of nitrogens with zero attached hydrogens (tertiary/aromatic N) is 5. The van der Waals surface area contributed by atoms with E-state index in [1.54, 1.807) is 22.1 Å². The molecule has 0 unspecified atom stereocenters. The molecule has 0 radical (unpaired) electrons. The lowest BCUT2D eigenvalue weighted by molar-refractivity contribution is -0.141. The maximum atomic E-state index is 13.2. The van der Waals surface area contributed by atoms with Gasteiger partial charge in [0.15, 0.2) is 11.3 Å². The molecule has 3 heterocycles. The molecule has 3 rings (SSSR count). The van der Waals surface area contributed by atoms with Crippen LogP contribution in [0.25, 0.3) is 0 Å². The minimum absolute atomic E-state index is 0.0273. The second-order valence-electron chi connectivity index (χ2n) is 7.84. The number of hydrogen-bond donors (Lipinski definition) is 1. The fraction of sp³-hybridized carbons (Fsp3) is 0.500. The molecule has 11 nitrogen and oxygen atoms in total. The number of aromatic amines is 1. The highest BCUT2D eigenvalue weighted by molar-refractivity contribution is 5.76. The lowest BCUT2D eigenvalue weighted by atomic mass is 10.2. The number of ether oxygens (including phenoxy) is 3. The molecule has 2 aromatic heterocycles. The third-order valence-corrected chi connectivity index (χ3v) is 5.35. The molecule has 0 bridgehead atoms. The van der Waals surface area contributed by atoms with Crippen LogP contribution in [0.2, 0.25) is 0 Å². The van der Waals surface area contributed by atoms with E-state index in [4.69, 9.17) is 19.5 Å². The van der Waals surface area contributed by atoms with Gasteiger partial charge in [-0.1, -0.05) is 0 Å². The van der Waals surface area contributed by atoms with Gasteiger partial charge in [-0.25, -0.2) is 10.1 Å². The van der Waals surface area contributed by atoms with Crippen molar-refractivity contribution in [3.05, 3.63) is 46.0 Å². The Morgan fingerprint density at radius 3 is 2.58 bits per heavy atom. The molecule has 1 atom stereocenters. The monoisotopic (exact) mass is 510 g/mol. The highest BCUT2D eigenvalue weighted by Crippen LogP contribution is 2.33. The first-order chi connectivity index (χ1) is 17.2. The van der Waals surface area contributed by atoms with Crippen LogP contribution in [0.4, 0.5) is 19.0 Å². The Balaban J connectivity index is 1.45. The fourth-order valence-corrected chi connectivity index (χ4v) is 3.58. The van der Waals surface area contributed by atoms with Gasteiger partial charge in [0, 0.05) is 39.5 Å². The van der Waals surface area contributed by atoms with Crippen molar-refractivity contribution in [3.63, 3.8) is 0 Å². The maximum absolute atomic E-state index is 13.2. The zero-order valence-corrected chi connectivity index (χ0v) is 19.5. The molecule has 1 aliphatic rings. The van der Waals surface area contributed by atoms with Crippen LogP contribution in [0.1, 0.15) is 17.5 Å². The molecule has 1 aliphatic heterocycles. The van der Waals surface area contributed by atoms with E-state index in [-0.39, 0.29) is 32.1 Å². The first kappa shape index (κ1) is 26.9. The zero-order valence-electron chi connectivity index (χ0n) is 19.5. The van der Waals surface area contributed by atoms with Crippen molar-refractivity contribution in [2.45, 2.75) is 18.7 Å². The van der Waals surface area contributed by atoms with E-state index in [0.29, 0.717) is 31.7 Å². The Kier molecular flexibility index (Phi) is 9.20. The number of H-pyrrole nitrogens is 1. The number of piperazine rings is 1. The standard InChI is InChI=1S/C22H25F3N6O5/c1-34-13-16(36-17-12-28-29-21(33)20(17)22(23,24)25)14-35-9-4-19(32)31-7-5-30(6-8-31)18-3-2-15(10-26)11-27-18/h2-3,11-12,16H,4-9,13-14H2,1H3,(H,29,33)/t16-/m0/s1. The Morgan fingerprint density at radius 2 is 1.97 bits per heavy atom. The van der Waals surface area contributed by atoms with Crippen LogP contribution < -0.4 is 15.2 Å². The largest absolute Gasteiger partial charge is 0.483 e. The molecule has 0 spiro atoms. The van der Waals surface area contributed by atoms with E-state index < -0.39 is 29.2 Å². The Labute approximate surface area is 204 Å². The molecule has 1 fully saturated rings. The van der Waals surface area contributed by atoms with Gasteiger partial charge in [0.25, 0.3) is 5.56 Å². The van der Waals surface area contributed by atoms with Crippen LogP contribution in [0.5, 0.6) is 5.75 Å². The summed E-state index contributed by atoms with van der Waals surface area (Å²) in [6, 6.07) is 5.47. The number of amides is 1. The van der Waals surface area contributed by atoms with Gasteiger partial charge in [0.2, 0.25) is 5.91 Å². The smallest absolute Gasteiger partial charge is 0.425 e.